The summed E-state index contributed by atoms with van der Waals surface area (Å²) in [6.07, 6.45) is -7.08. The smallest absolute Gasteiger partial charge is 0.364 e. The Morgan fingerprint density at radius 1 is 1.33 bits per heavy atom. The predicted octanol–water partition coefficient (Wildman–Crippen LogP) is -1.92. The van der Waals surface area contributed by atoms with Crippen molar-refractivity contribution in [3.63, 3.8) is 0 Å². The van der Waals surface area contributed by atoms with Gasteiger partial charge in [-0.25, -0.2) is 4.79 Å². The molecule has 1 fully saturated rings. The van der Waals surface area contributed by atoms with Gasteiger partial charge in [0.1, 0.15) is 18.3 Å². The van der Waals surface area contributed by atoms with E-state index in [9.17, 15) is 30.0 Å². The molecule has 1 heterocycles. The Morgan fingerprint density at radius 2 is 1.96 bits per heavy atom. The number of amides is 1. The minimum atomic E-state index is -2.28. The molecule has 1 aliphatic heterocycles. The number of benzene rings is 1. The summed E-state index contributed by atoms with van der Waals surface area (Å²) >= 11 is 0. The molecule has 1 aromatic carbocycles. The van der Waals surface area contributed by atoms with Gasteiger partial charge in [0.25, 0.3) is 11.7 Å². The van der Waals surface area contributed by atoms with Gasteiger partial charge in [0.05, 0.1) is 18.8 Å². The SMILES string of the molecule is CO[C@]1(C(=O)O)C[C@H](O)[C@@H](NC(=O)c2ccccc2)[C@H]([C@H](O)[C@H](O)CO)O1. The number of carboxylic acid groups (broad SMARTS) is 1. The number of nitrogens with one attached hydrogen (secondary N) is 1. The maximum atomic E-state index is 12.4. The molecule has 0 bridgehead atoms. The Labute approximate surface area is 155 Å². The highest BCUT2D eigenvalue weighted by molar-refractivity contribution is 5.94. The summed E-state index contributed by atoms with van der Waals surface area (Å²) in [5, 5.41) is 51.5. The van der Waals surface area contributed by atoms with Crippen LogP contribution in [0.2, 0.25) is 0 Å². The van der Waals surface area contributed by atoms with Crippen molar-refractivity contribution in [3.8, 4) is 0 Å². The molecule has 150 valence electrons. The van der Waals surface area contributed by atoms with Gasteiger partial charge in [0.2, 0.25) is 0 Å². The minimum absolute atomic E-state index is 0.266. The van der Waals surface area contributed by atoms with Gasteiger partial charge in [-0.1, -0.05) is 18.2 Å². The van der Waals surface area contributed by atoms with Crippen LogP contribution >= 0.6 is 0 Å². The molecule has 6 atom stereocenters. The Balaban J connectivity index is 2.32. The van der Waals surface area contributed by atoms with Gasteiger partial charge in [0, 0.05) is 19.1 Å². The fourth-order valence-corrected chi connectivity index (χ4v) is 2.93. The summed E-state index contributed by atoms with van der Waals surface area (Å²) in [5.74, 6) is -4.43. The standard InChI is InChI=1S/C17H23NO9/c1-26-17(16(24)25)7-10(20)12(14(27-17)13(22)11(21)8-19)18-15(23)9-5-3-2-4-6-9/h2-6,10-14,19-22H,7-8H2,1H3,(H,18,23)(H,24,25)/t10-,11+,12+,13+,14+,17+/m0/s1. The molecule has 0 aromatic heterocycles. The Kier molecular flexibility index (Phi) is 6.87. The normalized spacial score (nSPS) is 30.3. The summed E-state index contributed by atoms with van der Waals surface area (Å²) < 4.78 is 10.3. The fourth-order valence-electron chi connectivity index (χ4n) is 2.93. The van der Waals surface area contributed by atoms with Crippen molar-refractivity contribution in [2.45, 2.75) is 42.7 Å². The molecule has 0 aliphatic carbocycles. The molecule has 0 saturated carbocycles. The van der Waals surface area contributed by atoms with E-state index in [1.54, 1.807) is 18.2 Å². The highest BCUT2D eigenvalue weighted by atomic mass is 16.7. The number of carboxylic acids is 1. The number of aliphatic carboxylic acids is 1. The van der Waals surface area contributed by atoms with E-state index >= 15 is 0 Å². The van der Waals surface area contributed by atoms with Gasteiger partial charge in [-0.15, -0.1) is 0 Å². The number of hydrogen-bond acceptors (Lipinski definition) is 8. The first-order chi connectivity index (χ1) is 12.8. The lowest BCUT2D eigenvalue weighted by Gasteiger charge is -2.46. The van der Waals surface area contributed by atoms with E-state index < -0.39 is 61.1 Å². The maximum absolute atomic E-state index is 12.4. The number of rotatable bonds is 7. The first-order valence-corrected chi connectivity index (χ1v) is 8.23. The number of hydrogen-bond donors (Lipinski definition) is 6. The van der Waals surface area contributed by atoms with Crippen LogP contribution < -0.4 is 5.32 Å². The van der Waals surface area contributed by atoms with E-state index in [2.05, 4.69) is 5.32 Å². The second-order valence-electron chi connectivity index (χ2n) is 6.22. The average Bonchev–Trinajstić information content (AvgIpc) is 2.68. The number of aliphatic hydroxyl groups excluding tert-OH is 4. The molecule has 0 unspecified atom stereocenters. The second kappa shape index (κ2) is 8.74. The highest BCUT2D eigenvalue weighted by Gasteiger charge is 2.55. The molecule has 1 aliphatic rings. The number of carbonyl (C=O) groups excluding carboxylic acids is 1. The first kappa shape index (κ1) is 21.2. The lowest BCUT2D eigenvalue weighted by Crippen LogP contribution is -2.67. The topological polar surface area (TPSA) is 166 Å². The average molecular weight is 385 g/mol. The van der Waals surface area contributed by atoms with Gasteiger partial charge >= 0.3 is 5.97 Å². The zero-order valence-corrected chi connectivity index (χ0v) is 14.6. The van der Waals surface area contributed by atoms with E-state index in [4.69, 9.17) is 14.6 Å². The van der Waals surface area contributed by atoms with E-state index in [0.717, 1.165) is 7.11 Å². The van der Waals surface area contributed by atoms with Gasteiger partial charge in [-0.2, -0.15) is 0 Å². The molecular weight excluding hydrogens is 362 g/mol. The Bertz CT molecular complexity index is 655. The van der Waals surface area contributed by atoms with Gasteiger partial charge < -0.3 is 40.3 Å². The minimum Gasteiger partial charge on any atom is -0.477 e. The molecule has 0 spiro atoms. The van der Waals surface area contributed by atoms with Crippen molar-refractivity contribution >= 4 is 11.9 Å². The van der Waals surface area contributed by atoms with Crippen molar-refractivity contribution in [3.05, 3.63) is 35.9 Å². The maximum Gasteiger partial charge on any atom is 0.364 e. The van der Waals surface area contributed by atoms with Crippen LogP contribution in [0.5, 0.6) is 0 Å². The van der Waals surface area contributed by atoms with Crippen LogP contribution in [0.4, 0.5) is 0 Å². The first-order valence-electron chi connectivity index (χ1n) is 8.23. The molecule has 10 heteroatoms. The zero-order chi connectivity index (χ0) is 20.2. The van der Waals surface area contributed by atoms with Gasteiger partial charge in [-0.05, 0) is 12.1 Å². The number of methoxy groups -OCH3 is 1. The van der Waals surface area contributed by atoms with Crippen LogP contribution in [0.25, 0.3) is 0 Å². The third-order valence-corrected chi connectivity index (χ3v) is 4.48. The van der Waals surface area contributed by atoms with Crippen molar-refractivity contribution in [2.24, 2.45) is 0 Å². The summed E-state index contributed by atoms with van der Waals surface area (Å²) in [6.45, 7) is -0.844. The van der Waals surface area contributed by atoms with Gasteiger partial charge in [0.15, 0.2) is 0 Å². The molecule has 27 heavy (non-hydrogen) atoms. The highest BCUT2D eigenvalue weighted by Crippen LogP contribution is 2.33. The fraction of sp³-hybridized carbons (Fsp3) is 0.529. The lowest BCUT2D eigenvalue weighted by atomic mass is 9.88. The van der Waals surface area contributed by atoms with Crippen LogP contribution in [0.1, 0.15) is 16.8 Å². The van der Waals surface area contributed by atoms with Crippen molar-refractivity contribution < 1.29 is 44.6 Å². The second-order valence-corrected chi connectivity index (χ2v) is 6.22. The van der Waals surface area contributed by atoms with E-state index in [-0.39, 0.29) is 5.56 Å². The van der Waals surface area contributed by atoms with Crippen molar-refractivity contribution in [1.82, 2.24) is 5.32 Å². The lowest BCUT2D eigenvalue weighted by molar-refractivity contribution is -0.303. The van der Waals surface area contributed by atoms with Crippen molar-refractivity contribution in [2.75, 3.05) is 13.7 Å². The molecule has 1 saturated heterocycles. The summed E-state index contributed by atoms with van der Waals surface area (Å²) in [6, 6.07) is 6.75. The molecule has 1 amide bonds. The summed E-state index contributed by atoms with van der Waals surface area (Å²) in [5.41, 5.74) is 0.266. The van der Waals surface area contributed by atoms with Gasteiger partial charge in [-0.3, -0.25) is 4.79 Å². The predicted molar refractivity (Wildman–Crippen MR) is 89.7 cm³/mol. The van der Waals surface area contributed by atoms with E-state index in [1.165, 1.54) is 12.1 Å². The quantitative estimate of drug-likeness (QED) is 0.313. The largest absolute Gasteiger partial charge is 0.477 e. The molecule has 1 aromatic rings. The van der Waals surface area contributed by atoms with Crippen LogP contribution in [0.15, 0.2) is 30.3 Å². The molecule has 2 rings (SSSR count). The molecule has 10 nitrogen and oxygen atoms in total. The monoisotopic (exact) mass is 385 g/mol. The zero-order valence-electron chi connectivity index (χ0n) is 14.6. The van der Waals surface area contributed by atoms with E-state index in [1.807, 2.05) is 0 Å². The van der Waals surface area contributed by atoms with Crippen LogP contribution in [0, 0.1) is 0 Å². The van der Waals surface area contributed by atoms with Crippen LogP contribution in [0.3, 0.4) is 0 Å². The Morgan fingerprint density at radius 3 is 2.48 bits per heavy atom. The summed E-state index contributed by atoms with van der Waals surface area (Å²) in [7, 11) is 1.05. The molecule has 6 N–H and O–H groups in total. The third kappa shape index (κ3) is 4.43. The van der Waals surface area contributed by atoms with E-state index in [0.29, 0.717) is 0 Å². The number of aliphatic hydroxyl groups is 4. The van der Waals surface area contributed by atoms with Crippen LogP contribution in [-0.4, -0.2) is 87.4 Å². The van der Waals surface area contributed by atoms with Crippen LogP contribution in [-0.2, 0) is 14.3 Å². The van der Waals surface area contributed by atoms with Crippen molar-refractivity contribution in [1.29, 1.82) is 0 Å². The number of ether oxygens (including phenoxy) is 2. The Hall–Kier alpha value is -2.08. The third-order valence-electron chi connectivity index (χ3n) is 4.48. The molecular formula is C17H23NO9. The number of carbonyl (C=O) groups is 2. The summed E-state index contributed by atoms with van der Waals surface area (Å²) in [4.78, 5) is 24.0. The molecule has 0 radical (unpaired) electrons.